The van der Waals surface area contributed by atoms with Gasteiger partial charge < -0.3 is 5.73 Å². The molecule has 1 atom stereocenters. The first-order chi connectivity index (χ1) is 7.83. The van der Waals surface area contributed by atoms with E-state index in [2.05, 4.69) is 0 Å². The van der Waals surface area contributed by atoms with E-state index in [0.29, 0.717) is 18.1 Å². The number of nitrogens with two attached hydrogens (primary N) is 1. The second kappa shape index (κ2) is 6.15. The highest BCUT2D eigenvalue weighted by molar-refractivity contribution is 7.90. The van der Waals surface area contributed by atoms with E-state index >= 15 is 0 Å². The summed E-state index contributed by atoms with van der Waals surface area (Å²) in [6.45, 7) is 0.910. The van der Waals surface area contributed by atoms with Crippen molar-refractivity contribution in [1.29, 1.82) is 0 Å². The van der Waals surface area contributed by atoms with Gasteiger partial charge in [-0.2, -0.15) is 0 Å². The first-order valence-corrected chi connectivity index (χ1v) is 8.47. The smallest absolute Gasteiger partial charge is 0.148 e. The van der Waals surface area contributed by atoms with Crippen LogP contribution in [0.1, 0.15) is 10.9 Å². The Hall–Kier alpha value is -0.140. The van der Waals surface area contributed by atoms with Crippen LogP contribution in [0.3, 0.4) is 0 Å². The van der Waals surface area contributed by atoms with Crippen LogP contribution in [-0.2, 0) is 9.84 Å². The van der Waals surface area contributed by atoms with Gasteiger partial charge in [-0.3, -0.25) is 4.90 Å². The van der Waals surface area contributed by atoms with Gasteiger partial charge in [-0.25, -0.2) is 8.42 Å². The Labute approximate surface area is 111 Å². The number of nitrogens with zero attached hydrogens (tertiary/aromatic N) is 1. The normalized spacial score (nSPS) is 14.2. The fourth-order valence-corrected chi connectivity index (χ4v) is 3.36. The molecule has 1 rings (SSSR count). The SMILES string of the molecule is CN(CCS(C)(=O)=O)C(CN)c1cc(Cl)cs1. The molecule has 0 aliphatic rings. The largest absolute Gasteiger partial charge is 0.329 e. The molecule has 0 saturated heterocycles. The second-order valence-corrected chi connectivity index (χ2v) is 7.67. The van der Waals surface area contributed by atoms with Gasteiger partial charge in [0.2, 0.25) is 0 Å². The molecule has 0 amide bonds. The first-order valence-electron chi connectivity index (χ1n) is 5.15. The Morgan fingerprint density at radius 1 is 1.59 bits per heavy atom. The molecule has 7 heteroatoms. The first kappa shape index (κ1) is 14.9. The third kappa shape index (κ3) is 4.93. The Morgan fingerprint density at radius 2 is 2.24 bits per heavy atom. The van der Waals surface area contributed by atoms with Crippen LogP contribution in [-0.4, -0.2) is 45.5 Å². The summed E-state index contributed by atoms with van der Waals surface area (Å²) in [5.41, 5.74) is 5.73. The summed E-state index contributed by atoms with van der Waals surface area (Å²) in [5, 5.41) is 2.55. The Balaban J connectivity index is 2.68. The van der Waals surface area contributed by atoms with E-state index in [1.807, 2.05) is 23.4 Å². The van der Waals surface area contributed by atoms with Crippen molar-refractivity contribution in [1.82, 2.24) is 4.90 Å². The molecule has 0 saturated carbocycles. The molecule has 0 aliphatic heterocycles. The molecule has 0 bridgehead atoms. The van der Waals surface area contributed by atoms with Crippen LogP contribution in [0.15, 0.2) is 11.4 Å². The number of hydrogen-bond acceptors (Lipinski definition) is 5. The van der Waals surface area contributed by atoms with Crippen molar-refractivity contribution < 1.29 is 8.42 Å². The molecule has 1 heterocycles. The van der Waals surface area contributed by atoms with Crippen molar-refractivity contribution in [2.45, 2.75) is 6.04 Å². The van der Waals surface area contributed by atoms with Crippen LogP contribution in [0.4, 0.5) is 0 Å². The molecule has 0 spiro atoms. The fourth-order valence-electron chi connectivity index (χ4n) is 1.48. The summed E-state index contributed by atoms with van der Waals surface area (Å²) in [6, 6.07) is 1.90. The maximum atomic E-state index is 11.1. The summed E-state index contributed by atoms with van der Waals surface area (Å²) < 4.78 is 22.2. The molecule has 1 aromatic rings. The monoisotopic (exact) mass is 296 g/mol. The van der Waals surface area contributed by atoms with Gasteiger partial charge in [0.1, 0.15) is 9.84 Å². The van der Waals surface area contributed by atoms with Crippen molar-refractivity contribution in [3.8, 4) is 0 Å². The number of hydrogen-bond donors (Lipinski definition) is 1. The van der Waals surface area contributed by atoms with Crippen molar-refractivity contribution in [3.05, 3.63) is 21.3 Å². The zero-order valence-corrected chi connectivity index (χ0v) is 12.3. The van der Waals surface area contributed by atoms with E-state index in [1.165, 1.54) is 6.26 Å². The highest BCUT2D eigenvalue weighted by Crippen LogP contribution is 2.27. The highest BCUT2D eigenvalue weighted by Gasteiger charge is 2.18. The maximum absolute atomic E-state index is 11.1. The van der Waals surface area contributed by atoms with Crippen molar-refractivity contribution in [2.24, 2.45) is 5.73 Å². The molecule has 17 heavy (non-hydrogen) atoms. The molecule has 2 N–H and O–H groups in total. The lowest BCUT2D eigenvalue weighted by molar-refractivity contribution is 0.268. The number of thiophene rings is 1. The van der Waals surface area contributed by atoms with E-state index in [4.69, 9.17) is 17.3 Å². The number of halogens is 1. The molecular weight excluding hydrogens is 280 g/mol. The maximum Gasteiger partial charge on any atom is 0.148 e. The Kier molecular flexibility index (Phi) is 5.40. The fraction of sp³-hybridized carbons (Fsp3) is 0.600. The van der Waals surface area contributed by atoms with Gasteiger partial charge in [0.15, 0.2) is 0 Å². The van der Waals surface area contributed by atoms with E-state index < -0.39 is 9.84 Å². The van der Waals surface area contributed by atoms with Gasteiger partial charge in [0, 0.05) is 29.6 Å². The van der Waals surface area contributed by atoms with E-state index in [-0.39, 0.29) is 11.8 Å². The van der Waals surface area contributed by atoms with Crippen LogP contribution < -0.4 is 5.73 Å². The predicted molar refractivity (Wildman–Crippen MR) is 73.5 cm³/mol. The molecule has 0 aromatic carbocycles. The molecule has 0 fully saturated rings. The predicted octanol–water partition coefficient (Wildman–Crippen LogP) is 1.38. The van der Waals surface area contributed by atoms with Crippen LogP contribution in [0, 0.1) is 0 Å². The van der Waals surface area contributed by atoms with Crippen LogP contribution in [0.5, 0.6) is 0 Å². The van der Waals surface area contributed by atoms with Crippen LogP contribution in [0.25, 0.3) is 0 Å². The van der Waals surface area contributed by atoms with Gasteiger partial charge in [0.25, 0.3) is 0 Å². The van der Waals surface area contributed by atoms with Gasteiger partial charge >= 0.3 is 0 Å². The summed E-state index contributed by atoms with van der Waals surface area (Å²) in [7, 11) is -1.07. The molecule has 4 nitrogen and oxygen atoms in total. The minimum atomic E-state index is -2.94. The standard InChI is InChI=1S/C10H17ClN2O2S2/c1-13(3-4-17(2,14)15)9(6-12)10-5-8(11)7-16-10/h5,7,9H,3-4,6,12H2,1-2H3. The van der Waals surface area contributed by atoms with Crippen LogP contribution >= 0.6 is 22.9 Å². The lowest BCUT2D eigenvalue weighted by Crippen LogP contribution is -2.33. The molecule has 1 aromatic heterocycles. The van der Waals surface area contributed by atoms with E-state index in [0.717, 1.165) is 4.88 Å². The zero-order chi connectivity index (χ0) is 13.1. The minimum absolute atomic E-state index is 0.0225. The van der Waals surface area contributed by atoms with Gasteiger partial charge in [0.05, 0.1) is 16.8 Å². The summed E-state index contributed by atoms with van der Waals surface area (Å²) in [5.74, 6) is 0.138. The third-order valence-corrected chi connectivity index (χ3v) is 4.79. The van der Waals surface area contributed by atoms with Gasteiger partial charge in [-0.15, -0.1) is 11.3 Å². The Morgan fingerprint density at radius 3 is 2.65 bits per heavy atom. The quantitative estimate of drug-likeness (QED) is 0.861. The topological polar surface area (TPSA) is 63.4 Å². The highest BCUT2D eigenvalue weighted by atomic mass is 35.5. The third-order valence-electron chi connectivity index (χ3n) is 2.49. The average Bonchev–Trinajstić information content (AvgIpc) is 2.62. The van der Waals surface area contributed by atoms with E-state index in [9.17, 15) is 8.42 Å². The van der Waals surface area contributed by atoms with Crippen molar-refractivity contribution in [2.75, 3.05) is 32.1 Å². The molecular formula is C10H17ClN2O2S2. The Bertz CT molecular complexity index is 459. The number of likely N-dealkylation sites (N-methyl/N-ethyl adjacent to an activating group) is 1. The van der Waals surface area contributed by atoms with Gasteiger partial charge in [-0.05, 0) is 13.1 Å². The molecule has 0 radical (unpaired) electrons. The molecule has 98 valence electrons. The number of sulfone groups is 1. The average molecular weight is 297 g/mol. The summed E-state index contributed by atoms with van der Waals surface area (Å²) >= 11 is 7.41. The summed E-state index contributed by atoms with van der Waals surface area (Å²) in [6.07, 6.45) is 1.24. The molecule has 0 aliphatic carbocycles. The summed E-state index contributed by atoms with van der Waals surface area (Å²) in [4.78, 5) is 3.01. The van der Waals surface area contributed by atoms with Crippen molar-refractivity contribution >= 4 is 32.8 Å². The lowest BCUT2D eigenvalue weighted by atomic mass is 10.2. The second-order valence-electron chi connectivity index (χ2n) is 4.03. The molecule has 1 unspecified atom stereocenters. The zero-order valence-electron chi connectivity index (χ0n) is 9.89. The van der Waals surface area contributed by atoms with Gasteiger partial charge in [-0.1, -0.05) is 11.6 Å². The van der Waals surface area contributed by atoms with Crippen LogP contribution in [0.2, 0.25) is 5.02 Å². The number of rotatable bonds is 6. The van der Waals surface area contributed by atoms with E-state index in [1.54, 1.807) is 11.3 Å². The van der Waals surface area contributed by atoms with Crippen molar-refractivity contribution in [3.63, 3.8) is 0 Å². The lowest BCUT2D eigenvalue weighted by Gasteiger charge is -2.25. The minimum Gasteiger partial charge on any atom is -0.329 e.